The van der Waals surface area contributed by atoms with Crippen LogP contribution in [0.3, 0.4) is 0 Å². The molecule has 3 N–H and O–H groups in total. The Balaban J connectivity index is 1.82. The van der Waals surface area contributed by atoms with Gasteiger partial charge in [-0.25, -0.2) is 19.3 Å². The second kappa shape index (κ2) is 7.33. The van der Waals surface area contributed by atoms with Crippen molar-refractivity contribution in [2.75, 3.05) is 23.8 Å². The molecule has 0 aliphatic rings. The average molecular weight is 345 g/mol. The smallest absolute Gasteiger partial charge is 0.227 e. The van der Waals surface area contributed by atoms with E-state index in [4.69, 9.17) is 5.11 Å². The Labute approximate surface area is 142 Å². The SMILES string of the molecule is Cc1nc(NCCO)sc1-c1ccnc(Nc2ccc(F)cc2)n1. The summed E-state index contributed by atoms with van der Waals surface area (Å²) in [4.78, 5) is 14.0. The zero-order valence-corrected chi connectivity index (χ0v) is 13.8. The van der Waals surface area contributed by atoms with Gasteiger partial charge in [0.25, 0.3) is 0 Å². The van der Waals surface area contributed by atoms with Crippen LogP contribution < -0.4 is 10.6 Å². The van der Waals surface area contributed by atoms with E-state index in [1.54, 1.807) is 18.3 Å². The second-order valence-corrected chi connectivity index (χ2v) is 5.98. The number of benzene rings is 1. The van der Waals surface area contributed by atoms with Gasteiger partial charge in [-0.05, 0) is 37.3 Å². The first-order chi connectivity index (χ1) is 11.7. The molecule has 3 rings (SSSR count). The maximum absolute atomic E-state index is 13.0. The van der Waals surface area contributed by atoms with E-state index in [-0.39, 0.29) is 12.4 Å². The number of nitrogens with zero attached hydrogens (tertiary/aromatic N) is 3. The second-order valence-electron chi connectivity index (χ2n) is 4.98. The molecule has 24 heavy (non-hydrogen) atoms. The molecule has 0 aliphatic heterocycles. The summed E-state index contributed by atoms with van der Waals surface area (Å²) < 4.78 is 13.0. The highest BCUT2D eigenvalue weighted by atomic mass is 32.1. The summed E-state index contributed by atoms with van der Waals surface area (Å²) in [5, 5.41) is 15.7. The fourth-order valence-electron chi connectivity index (χ4n) is 2.08. The van der Waals surface area contributed by atoms with E-state index in [2.05, 4.69) is 25.6 Å². The Hall–Kier alpha value is -2.58. The summed E-state index contributed by atoms with van der Waals surface area (Å²) in [6.07, 6.45) is 1.66. The minimum Gasteiger partial charge on any atom is -0.395 e. The van der Waals surface area contributed by atoms with Crippen LogP contribution in [-0.2, 0) is 0 Å². The molecule has 0 bridgehead atoms. The van der Waals surface area contributed by atoms with Gasteiger partial charge in [-0.1, -0.05) is 11.3 Å². The Morgan fingerprint density at radius 3 is 2.71 bits per heavy atom. The van der Waals surface area contributed by atoms with E-state index in [1.165, 1.54) is 23.5 Å². The van der Waals surface area contributed by atoms with Crippen LogP contribution in [0.1, 0.15) is 5.69 Å². The maximum Gasteiger partial charge on any atom is 0.227 e. The summed E-state index contributed by atoms with van der Waals surface area (Å²) in [5.74, 6) is 0.134. The van der Waals surface area contributed by atoms with Crippen LogP contribution in [0.5, 0.6) is 0 Å². The molecule has 0 saturated heterocycles. The number of aromatic nitrogens is 3. The predicted molar refractivity (Wildman–Crippen MR) is 93.1 cm³/mol. The highest BCUT2D eigenvalue weighted by Gasteiger charge is 2.12. The lowest BCUT2D eigenvalue weighted by Gasteiger charge is -2.06. The third-order valence-electron chi connectivity index (χ3n) is 3.17. The summed E-state index contributed by atoms with van der Waals surface area (Å²) in [5.41, 5.74) is 2.31. The standard InChI is InChI=1S/C16H16FN5OS/c1-10-14(24-16(20-10)19-8-9-23)13-6-7-18-15(22-13)21-12-4-2-11(17)3-5-12/h2-7,23H,8-9H2,1H3,(H,19,20)(H,18,21,22). The number of nitrogens with one attached hydrogen (secondary N) is 2. The highest BCUT2D eigenvalue weighted by Crippen LogP contribution is 2.31. The Morgan fingerprint density at radius 1 is 1.17 bits per heavy atom. The molecular weight excluding hydrogens is 329 g/mol. The molecule has 3 aromatic rings. The topological polar surface area (TPSA) is 83.0 Å². The molecule has 6 nitrogen and oxygen atoms in total. The fraction of sp³-hybridized carbons (Fsp3) is 0.188. The van der Waals surface area contributed by atoms with E-state index in [0.29, 0.717) is 18.2 Å². The summed E-state index contributed by atoms with van der Waals surface area (Å²) in [6, 6.07) is 7.81. The van der Waals surface area contributed by atoms with Crippen LogP contribution in [-0.4, -0.2) is 33.2 Å². The van der Waals surface area contributed by atoms with Gasteiger partial charge in [0.15, 0.2) is 5.13 Å². The molecule has 124 valence electrons. The van der Waals surface area contributed by atoms with Crippen LogP contribution in [0.2, 0.25) is 0 Å². The molecule has 0 radical (unpaired) electrons. The molecule has 0 aliphatic carbocycles. The highest BCUT2D eigenvalue weighted by molar-refractivity contribution is 7.19. The number of anilines is 3. The quantitative estimate of drug-likeness (QED) is 0.636. The molecule has 8 heteroatoms. The zero-order chi connectivity index (χ0) is 16.9. The molecule has 0 spiro atoms. The summed E-state index contributed by atoms with van der Waals surface area (Å²) in [6.45, 7) is 2.41. The van der Waals surface area contributed by atoms with Crippen molar-refractivity contribution in [2.45, 2.75) is 6.92 Å². The average Bonchev–Trinajstić information content (AvgIpc) is 2.96. The molecular formula is C16H16FN5OS. The van der Waals surface area contributed by atoms with Gasteiger partial charge in [-0.15, -0.1) is 0 Å². The number of aliphatic hydroxyl groups excluding tert-OH is 1. The molecule has 1 aromatic carbocycles. The van der Waals surface area contributed by atoms with Crippen molar-refractivity contribution >= 4 is 28.1 Å². The number of hydrogen-bond acceptors (Lipinski definition) is 7. The normalized spacial score (nSPS) is 10.6. The largest absolute Gasteiger partial charge is 0.395 e. The van der Waals surface area contributed by atoms with Gasteiger partial charge in [0, 0.05) is 18.4 Å². The lowest BCUT2D eigenvalue weighted by molar-refractivity contribution is 0.311. The van der Waals surface area contributed by atoms with Crippen molar-refractivity contribution in [1.29, 1.82) is 0 Å². The van der Waals surface area contributed by atoms with Crippen LogP contribution >= 0.6 is 11.3 Å². The summed E-state index contributed by atoms with van der Waals surface area (Å²) in [7, 11) is 0. The third kappa shape index (κ3) is 3.84. The predicted octanol–water partition coefficient (Wildman–Crippen LogP) is 3.20. The van der Waals surface area contributed by atoms with E-state index < -0.39 is 0 Å². The van der Waals surface area contributed by atoms with E-state index >= 15 is 0 Å². The number of thiazole rings is 1. The monoisotopic (exact) mass is 345 g/mol. The first-order valence-electron chi connectivity index (χ1n) is 7.34. The van der Waals surface area contributed by atoms with Gasteiger partial charge in [0.2, 0.25) is 5.95 Å². The molecule has 0 saturated carbocycles. The van der Waals surface area contributed by atoms with E-state index in [0.717, 1.165) is 21.4 Å². The van der Waals surface area contributed by atoms with Crippen molar-refractivity contribution in [2.24, 2.45) is 0 Å². The van der Waals surface area contributed by atoms with Crippen molar-refractivity contribution < 1.29 is 9.50 Å². The minimum atomic E-state index is -0.293. The van der Waals surface area contributed by atoms with Crippen molar-refractivity contribution in [3.8, 4) is 10.6 Å². The van der Waals surface area contributed by atoms with Crippen LogP contribution in [0.25, 0.3) is 10.6 Å². The molecule has 2 heterocycles. The van der Waals surface area contributed by atoms with Crippen molar-refractivity contribution in [3.63, 3.8) is 0 Å². The number of rotatable bonds is 6. The van der Waals surface area contributed by atoms with E-state index in [1.807, 2.05) is 13.0 Å². The third-order valence-corrected chi connectivity index (χ3v) is 4.31. The fourth-order valence-corrected chi connectivity index (χ4v) is 3.04. The van der Waals surface area contributed by atoms with Crippen LogP contribution in [0.15, 0.2) is 36.5 Å². The number of hydrogen-bond donors (Lipinski definition) is 3. The van der Waals surface area contributed by atoms with Crippen molar-refractivity contribution in [1.82, 2.24) is 15.0 Å². The first-order valence-corrected chi connectivity index (χ1v) is 8.15. The molecule has 0 unspecified atom stereocenters. The van der Waals surface area contributed by atoms with Gasteiger partial charge in [-0.3, -0.25) is 0 Å². The van der Waals surface area contributed by atoms with Crippen molar-refractivity contribution in [3.05, 3.63) is 48.0 Å². The number of aliphatic hydroxyl groups is 1. The van der Waals surface area contributed by atoms with Crippen LogP contribution in [0, 0.1) is 12.7 Å². The molecule has 0 amide bonds. The Morgan fingerprint density at radius 2 is 1.96 bits per heavy atom. The van der Waals surface area contributed by atoms with Gasteiger partial charge >= 0.3 is 0 Å². The van der Waals surface area contributed by atoms with Gasteiger partial charge in [0.05, 0.1) is 22.9 Å². The first kappa shape index (κ1) is 16.3. The molecule has 2 aromatic heterocycles. The summed E-state index contributed by atoms with van der Waals surface area (Å²) >= 11 is 1.47. The van der Waals surface area contributed by atoms with E-state index in [9.17, 15) is 4.39 Å². The molecule has 0 atom stereocenters. The van der Waals surface area contributed by atoms with Gasteiger partial charge in [0.1, 0.15) is 5.82 Å². The molecule has 0 fully saturated rings. The lowest BCUT2D eigenvalue weighted by atomic mass is 10.3. The maximum atomic E-state index is 13.0. The number of aryl methyl sites for hydroxylation is 1. The zero-order valence-electron chi connectivity index (χ0n) is 13.0. The van der Waals surface area contributed by atoms with Crippen LogP contribution in [0.4, 0.5) is 21.2 Å². The minimum absolute atomic E-state index is 0.0488. The van der Waals surface area contributed by atoms with Gasteiger partial charge < -0.3 is 15.7 Å². The Kier molecular flexibility index (Phi) is 4.97. The number of halogens is 1. The lowest BCUT2D eigenvalue weighted by Crippen LogP contribution is -2.04. The van der Waals surface area contributed by atoms with Gasteiger partial charge in [-0.2, -0.15) is 0 Å². The Bertz CT molecular complexity index is 822.